The van der Waals surface area contributed by atoms with Crippen LogP contribution >= 0.6 is 0 Å². The molecular formula is C17H32O3. The highest BCUT2D eigenvalue weighted by Crippen LogP contribution is 2.31. The lowest BCUT2D eigenvalue weighted by Crippen LogP contribution is -2.38. The maximum absolute atomic E-state index is 12.4. The molecule has 0 radical (unpaired) electrons. The molecule has 0 amide bonds. The Balaban J connectivity index is 4.98. The second-order valence-electron chi connectivity index (χ2n) is 6.28. The summed E-state index contributed by atoms with van der Waals surface area (Å²) in [6.07, 6.45) is 3.26. The Morgan fingerprint density at radius 3 is 1.85 bits per heavy atom. The van der Waals surface area contributed by atoms with Crippen LogP contribution in [0.1, 0.15) is 67.2 Å². The molecule has 0 fully saturated rings. The fraction of sp³-hybridized carbons (Fsp3) is 0.882. The van der Waals surface area contributed by atoms with Crippen LogP contribution in [0.3, 0.4) is 0 Å². The molecule has 0 saturated heterocycles. The second-order valence-corrected chi connectivity index (χ2v) is 6.28. The van der Waals surface area contributed by atoms with E-state index in [2.05, 4.69) is 6.92 Å². The van der Waals surface area contributed by atoms with Crippen molar-refractivity contribution in [1.82, 2.24) is 0 Å². The minimum Gasteiger partial charge on any atom is -0.465 e. The predicted molar refractivity (Wildman–Crippen MR) is 82.4 cm³/mol. The molecular weight excluding hydrogens is 252 g/mol. The molecule has 0 bridgehead atoms. The minimum atomic E-state index is -0.314. The molecule has 0 aromatic rings. The van der Waals surface area contributed by atoms with E-state index in [1.165, 1.54) is 0 Å². The van der Waals surface area contributed by atoms with Crippen LogP contribution in [-0.4, -0.2) is 18.4 Å². The molecule has 0 aliphatic heterocycles. The maximum atomic E-state index is 12.4. The number of carbonyl (C=O) groups excluding carboxylic acids is 2. The number of carbonyl (C=O) groups is 2. The Hall–Kier alpha value is -0.860. The third kappa shape index (κ3) is 6.06. The zero-order valence-electron chi connectivity index (χ0n) is 14.1. The van der Waals surface area contributed by atoms with E-state index in [4.69, 9.17) is 4.74 Å². The normalized spacial score (nSPS) is 14.4. The van der Waals surface area contributed by atoms with E-state index in [-0.39, 0.29) is 35.4 Å². The summed E-state index contributed by atoms with van der Waals surface area (Å²) in [6, 6.07) is 0. The van der Waals surface area contributed by atoms with Gasteiger partial charge in [-0.2, -0.15) is 0 Å². The van der Waals surface area contributed by atoms with Crippen molar-refractivity contribution in [1.29, 1.82) is 0 Å². The van der Waals surface area contributed by atoms with Crippen molar-refractivity contribution in [2.75, 3.05) is 6.61 Å². The zero-order valence-corrected chi connectivity index (χ0v) is 14.1. The Labute approximate surface area is 124 Å². The summed E-state index contributed by atoms with van der Waals surface area (Å²) in [5, 5.41) is 0. The lowest BCUT2D eigenvalue weighted by molar-refractivity contribution is -0.156. The van der Waals surface area contributed by atoms with Crippen LogP contribution in [0.4, 0.5) is 0 Å². The third-order valence-corrected chi connectivity index (χ3v) is 3.71. The molecule has 2 unspecified atom stereocenters. The summed E-state index contributed by atoms with van der Waals surface area (Å²) in [5.41, 5.74) is 0. The first-order valence-electron chi connectivity index (χ1n) is 8.06. The van der Waals surface area contributed by atoms with Gasteiger partial charge in [-0.3, -0.25) is 9.59 Å². The van der Waals surface area contributed by atoms with Crippen LogP contribution in [0.2, 0.25) is 0 Å². The summed E-state index contributed by atoms with van der Waals surface area (Å²) < 4.78 is 5.37. The van der Waals surface area contributed by atoms with E-state index in [1.807, 2.05) is 34.6 Å². The quantitative estimate of drug-likeness (QED) is 0.445. The average Bonchev–Trinajstić information content (AvgIpc) is 2.34. The van der Waals surface area contributed by atoms with E-state index in [0.717, 1.165) is 19.3 Å². The smallest absolute Gasteiger partial charge is 0.309 e. The van der Waals surface area contributed by atoms with Gasteiger partial charge in [-0.25, -0.2) is 0 Å². The van der Waals surface area contributed by atoms with Crippen molar-refractivity contribution in [3.05, 3.63) is 0 Å². The average molecular weight is 284 g/mol. The maximum Gasteiger partial charge on any atom is 0.309 e. The number of ketones is 1. The van der Waals surface area contributed by atoms with Crippen molar-refractivity contribution >= 4 is 11.8 Å². The highest BCUT2D eigenvalue weighted by molar-refractivity contribution is 5.87. The fourth-order valence-corrected chi connectivity index (χ4v) is 2.65. The number of esters is 1. The van der Waals surface area contributed by atoms with Gasteiger partial charge in [-0.05, 0) is 24.7 Å². The lowest BCUT2D eigenvalue weighted by Gasteiger charge is -2.30. The number of Topliss-reactive ketones (excluding diaryl/α,β-unsaturated/α-hetero) is 1. The van der Waals surface area contributed by atoms with Gasteiger partial charge in [0, 0.05) is 12.3 Å². The van der Waals surface area contributed by atoms with Crippen molar-refractivity contribution in [2.24, 2.45) is 23.7 Å². The molecule has 0 rings (SSSR count). The summed E-state index contributed by atoms with van der Waals surface area (Å²) in [5.74, 6) is -0.238. The van der Waals surface area contributed by atoms with Gasteiger partial charge in [-0.1, -0.05) is 48.0 Å². The van der Waals surface area contributed by atoms with Crippen LogP contribution in [0.25, 0.3) is 0 Å². The largest absolute Gasteiger partial charge is 0.465 e. The first-order valence-corrected chi connectivity index (χ1v) is 8.06. The molecule has 0 aromatic heterocycles. The van der Waals surface area contributed by atoms with Gasteiger partial charge >= 0.3 is 5.97 Å². The van der Waals surface area contributed by atoms with Crippen LogP contribution < -0.4 is 0 Å². The van der Waals surface area contributed by atoms with E-state index >= 15 is 0 Å². The highest BCUT2D eigenvalue weighted by Gasteiger charge is 2.38. The number of unbranched alkanes of at least 4 members (excludes halogenated alkanes) is 1. The number of hydrogen-bond donors (Lipinski definition) is 0. The predicted octanol–water partition coefficient (Wildman–Crippen LogP) is 4.24. The Kier molecular flexibility index (Phi) is 9.52. The fourth-order valence-electron chi connectivity index (χ4n) is 2.65. The molecule has 0 aliphatic carbocycles. The van der Waals surface area contributed by atoms with Gasteiger partial charge in [-0.15, -0.1) is 0 Å². The standard InChI is InChI=1S/C17H32O3/c1-7-9-11-20-17(19)16(13(5)6)15(12(3)4)14(18)10-8-2/h12-13,15-16H,7-11H2,1-6H3. The van der Waals surface area contributed by atoms with Gasteiger partial charge in [0.2, 0.25) is 0 Å². The molecule has 0 spiro atoms. The first-order chi connectivity index (χ1) is 9.36. The van der Waals surface area contributed by atoms with Crippen molar-refractivity contribution in [3.8, 4) is 0 Å². The lowest BCUT2D eigenvalue weighted by atomic mass is 9.74. The molecule has 118 valence electrons. The van der Waals surface area contributed by atoms with Crippen LogP contribution in [0.15, 0.2) is 0 Å². The van der Waals surface area contributed by atoms with Gasteiger partial charge in [0.05, 0.1) is 12.5 Å². The van der Waals surface area contributed by atoms with E-state index in [0.29, 0.717) is 13.0 Å². The SMILES string of the molecule is CCCCOC(=O)C(C(C)C)C(C(=O)CCC)C(C)C. The number of rotatable bonds is 10. The molecule has 3 heteroatoms. The zero-order chi connectivity index (χ0) is 15.7. The molecule has 2 atom stereocenters. The molecule has 3 nitrogen and oxygen atoms in total. The Morgan fingerprint density at radius 1 is 0.900 bits per heavy atom. The van der Waals surface area contributed by atoms with Crippen LogP contribution in [0.5, 0.6) is 0 Å². The summed E-state index contributed by atoms with van der Waals surface area (Å²) in [7, 11) is 0. The van der Waals surface area contributed by atoms with E-state index in [1.54, 1.807) is 0 Å². The second kappa shape index (κ2) is 9.95. The monoisotopic (exact) mass is 284 g/mol. The molecule has 0 aromatic carbocycles. The third-order valence-electron chi connectivity index (χ3n) is 3.71. The highest BCUT2D eigenvalue weighted by atomic mass is 16.5. The molecule has 20 heavy (non-hydrogen) atoms. The number of ether oxygens (including phenoxy) is 1. The topological polar surface area (TPSA) is 43.4 Å². The Bertz CT molecular complexity index is 295. The van der Waals surface area contributed by atoms with Gasteiger partial charge in [0.1, 0.15) is 5.78 Å². The first kappa shape index (κ1) is 19.1. The Morgan fingerprint density at radius 2 is 1.45 bits per heavy atom. The van der Waals surface area contributed by atoms with Crippen LogP contribution in [-0.2, 0) is 14.3 Å². The molecule has 0 N–H and O–H groups in total. The summed E-state index contributed by atoms with van der Waals surface area (Å²) in [6.45, 7) is 12.6. The van der Waals surface area contributed by atoms with Gasteiger partial charge in [0.25, 0.3) is 0 Å². The summed E-state index contributed by atoms with van der Waals surface area (Å²) >= 11 is 0. The minimum absolute atomic E-state index is 0.123. The van der Waals surface area contributed by atoms with Gasteiger partial charge < -0.3 is 4.74 Å². The van der Waals surface area contributed by atoms with Crippen molar-refractivity contribution in [3.63, 3.8) is 0 Å². The molecule has 0 heterocycles. The van der Waals surface area contributed by atoms with Gasteiger partial charge in [0.15, 0.2) is 0 Å². The van der Waals surface area contributed by atoms with Crippen molar-refractivity contribution in [2.45, 2.75) is 67.2 Å². The van der Waals surface area contributed by atoms with E-state index < -0.39 is 0 Å². The van der Waals surface area contributed by atoms with E-state index in [9.17, 15) is 9.59 Å². The van der Waals surface area contributed by atoms with Crippen molar-refractivity contribution < 1.29 is 14.3 Å². The number of hydrogen-bond acceptors (Lipinski definition) is 3. The van der Waals surface area contributed by atoms with Crippen LogP contribution in [0, 0.1) is 23.7 Å². The molecule has 0 saturated carbocycles. The summed E-state index contributed by atoms with van der Waals surface area (Å²) in [4.78, 5) is 24.7. The molecule has 0 aliphatic rings.